The van der Waals surface area contributed by atoms with Crippen LogP contribution in [0.15, 0.2) is 48.5 Å². The Hall–Kier alpha value is -2.58. The molecule has 0 bridgehead atoms. The molecule has 2 aliphatic rings. The second-order valence-electron chi connectivity index (χ2n) is 9.83. The van der Waals surface area contributed by atoms with Gasteiger partial charge in [0.2, 0.25) is 5.91 Å². The van der Waals surface area contributed by atoms with Crippen molar-refractivity contribution in [2.24, 2.45) is 5.92 Å². The summed E-state index contributed by atoms with van der Waals surface area (Å²) in [6.45, 7) is 2.84. The molecular formula is C27H36N2O5S. The fraction of sp³-hybridized carbons (Fsp3) is 0.519. The third-order valence-electron chi connectivity index (χ3n) is 6.79. The summed E-state index contributed by atoms with van der Waals surface area (Å²) in [5.41, 5.74) is 1.22. The number of hydrogen-bond donors (Lipinski definition) is 1. The molecule has 0 spiro atoms. The van der Waals surface area contributed by atoms with Crippen LogP contribution in [-0.4, -0.2) is 44.6 Å². The molecular weight excluding hydrogens is 464 g/mol. The van der Waals surface area contributed by atoms with Gasteiger partial charge in [0.25, 0.3) is 0 Å². The monoisotopic (exact) mass is 500 g/mol. The number of hydrogen-bond acceptors (Lipinski definition) is 6. The maximum atomic E-state index is 12.4. The van der Waals surface area contributed by atoms with E-state index in [-0.39, 0.29) is 11.7 Å². The van der Waals surface area contributed by atoms with Crippen molar-refractivity contribution in [3.8, 4) is 17.2 Å². The van der Waals surface area contributed by atoms with Crippen molar-refractivity contribution in [2.75, 3.05) is 19.3 Å². The molecule has 8 heteroatoms. The Kier molecular flexibility index (Phi) is 8.68. The van der Waals surface area contributed by atoms with Crippen molar-refractivity contribution < 1.29 is 22.1 Å². The highest BCUT2D eigenvalue weighted by molar-refractivity contribution is 7.86. The number of carbonyl (C=O) groups excluding carboxylic acids is 1. The molecule has 0 atom stereocenters. The highest BCUT2D eigenvalue weighted by atomic mass is 32.2. The molecule has 0 aromatic heterocycles. The lowest BCUT2D eigenvalue weighted by atomic mass is 9.86. The van der Waals surface area contributed by atoms with Gasteiger partial charge in [-0.3, -0.25) is 9.69 Å². The number of carbonyl (C=O) groups is 1. The Bertz CT molecular complexity index is 1060. The molecule has 1 N–H and O–H groups in total. The normalized spacial score (nSPS) is 18.2. The van der Waals surface area contributed by atoms with E-state index in [4.69, 9.17) is 8.92 Å². The Morgan fingerprint density at radius 3 is 2.06 bits per heavy atom. The lowest BCUT2D eigenvalue weighted by Gasteiger charge is -2.32. The van der Waals surface area contributed by atoms with E-state index in [0.717, 1.165) is 38.7 Å². The molecule has 0 radical (unpaired) electrons. The second-order valence-corrected chi connectivity index (χ2v) is 11.4. The summed E-state index contributed by atoms with van der Waals surface area (Å²) in [5, 5.41) is 3.28. The molecule has 1 saturated heterocycles. The molecule has 2 aromatic rings. The van der Waals surface area contributed by atoms with E-state index >= 15 is 0 Å². The van der Waals surface area contributed by atoms with Gasteiger partial charge < -0.3 is 14.2 Å². The first-order valence-corrected chi connectivity index (χ1v) is 14.4. The number of rotatable bonds is 9. The summed E-state index contributed by atoms with van der Waals surface area (Å²) in [6.07, 6.45) is 10.0. The zero-order chi connectivity index (χ0) is 24.7. The fourth-order valence-corrected chi connectivity index (χ4v) is 5.43. The summed E-state index contributed by atoms with van der Waals surface area (Å²) in [4.78, 5) is 14.9. The van der Waals surface area contributed by atoms with Crippen LogP contribution in [0.2, 0.25) is 0 Å². The molecule has 35 heavy (non-hydrogen) atoms. The maximum absolute atomic E-state index is 12.4. The molecule has 1 aliphatic carbocycles. The van der Waals surface area contributed by atoms with Gasteiger partial charge in [-0.15, -0.1) is 0 Å². The summed E-state index contributed by atoms with van der Waals surface area (Å²) in [5.74, 6) is 2.39. The van der Waals surface area contributed by atoms with Crippen LogP contribution in [0.4, 0.5) is 0 Å². The van der Waals surface area contributed by atoms with Crippen molar-refractivity contribution in [2.45, 2.75) is 64.0 Å². The van der Waals surface area contributed by atoms with Crippen LogP contribution in [0.5, 0.6) is 17.2 Å². The lowest BCUT2D eigenvalue weighted by molar-refractivity contribution is -0.123. The predicted octanol–water partition coefficient (Wildman–Crippen LogP) is 4.87. The van der Waals surface area contributed by atoms with Crippen LogP contribution in [-0.2, 0) is 21.5 Å². The maximum Gasteiger partial charge on any atom is 0.306 e. The van der Waals surface area contributed by atoms with E-state index in [0.29, 0.717) is 29.9 Å². The van der Waals surface area contributed by atoms with Crippen LogP contribution in [0.3, 0.4) is 0 Å². The van der Waals surface area contributed by atoms with Gasteiger partial charge in [-0.2, -0.15) is 8.42 Å². The Morgan fingerprint density at radius 2 is 1.46 bits per heavy atom. The third kappa shape index (κ3) is 8.54. The van der Waals surface area contributed by atoms with E-state index in [2.05, 4.69) is 22.3 Å². The second kappa shape index (κ2) is 11.9. The minimum Gasteiger partial charge on any atom is -0.457 e. The number of likely N-dealkylation sites (tertiary alicyclic amines) is 1. The fourth-order valence-electron chi connectivity index (χ4n) is 4.97. The van der Waals surface area contributed by atoms with Crippen molar-refractivity contribution in [1.29, 1.82) is 0 Å². The molecule has 0 unspecified atom stereocenters. The topological polar surface area (TPSA) is 84.9 Å². The van der Waals surface area contributed by atoms with Crippen LogP contribution >= 0.6 is 0 Å². The highest BCUT2D eigenvalue weighted by Crippen LogP contribution is 2.27. The van der Waals surface area contributed by atoms with Crippen molar-refractivity contribution >= 4 is 16.0 Å². The quantitative estimate of drug-likeness (QED) is 0.495. The average Bonchev–Trinajstić information content (AvgIpc) is 2.82. The van der Waals surface area contributed by atoms with Crippen LogP contribution in [0, 0.1) is 5.92 Å². The van der Waals surface area contributed by atoms with Crippen molar-refractivity contribution in [3.05, 3.63) is 54.1 Å². The van der Waals surface area contributed by atoms with E-state index in [9.17, 15) is 13.2 Å². The van der Waals surface area contributed by atoms with Gasteiger partial charge >= 0.3 is 10.1 Å². The average molecular weight is 501 g/mol. The zero-order valence-electron chi connectivity index (χ0n) is 20.4. The number of amides is 1. The largest absolute Gasteiger partial charge is 0.457 e. The number of benzene rings is 2. The summed E-state index contributed by atoms with van der Waals surface area (Å²) in [7, 11) is -3.54. The molecule has 2 aromatic carbocycles. The molecule has 1 heterocycles. The zero-order valence-corrected chi connectivity index (χ0v) is 21.3. The van der Waals surface area contributed by atoms with Crippen LogP contribution in [0.1, 0.15) is 56.9 Å². The first kappa shape index (κ1) is 25.5. The van der Waals surface area contributed by atoms with E-state index in [1.54, 1.807) is 24.3 Å². The van der Waals surface area contributed by atoms with Gasteiger partial charge in [0.05, 0.1) is 6.26 Å². The van der Waals surface area contributed by atoms with Crippen molar-refractivity contribution in [1.82, 2.24) is 10.2 Å². The van der Waals surface area contributed by atoms with Crippen molar-refractivity contribution in [3.63, 3.8) is 0 Å². The Labute approximate surface area is 208 Å². The van der Waals surface area contributed by atoms with E-state index in [1.807, 2.05) is 12.1 Å². The number of nitrogens with zero attached hydrogens (tertiary/aromatic N) is 1. The Balaban J connectivity index is 1.18. The Morgan fingerprint density at radius 1 is 0.886 bits per heavy atom. The van der Waals surface area contributed by atoms with Gasteiger partial charge in [-0.05, 0) is 73.6 Å². The van der Waals surface area contributed by atoms with Crippen LogP contribution < -0.4 is 14.2 Å². The summed E-state index contributed by atoms with van der Waals surface area (Å²) >= 11 is 0. The lowest BCUT2D eigenvalue weighted by Crippen LogP contribution is -2.44. The minimum absolute atomic E-state index is 0.239. The summed E-state index contributed by atoms with van der Waals surface area (Å²) in [6, 6.07) is 14.8. The molecule has 1 amide bonds. The van der Waals surface area contributed by atoms with Gasteiger partial charge in [-0.25, -0.2) is 0 Å². The molecule has 1 saturated carbocycles. The van der Waals surface area contributed by atoms with Crippen LogP contribution in [0.25, 0.3) is 0 Å². The van der Waals surface area contributed by atoms with Gasteiger partial charge in [0.15, 0.2) is 0 Å². The minimum atomic E-state index is -3.54. The first-order valence-electron chi connectivity index (χ1n) is 12.6. The smallest absolute Gasteiger partial charge is 0.306 e. The van der Waals surface area contributed by atoms with E-state index < -0.39 is 10.1 Å². The predicted molar refractivity (Wildman–Crippen MR) is 136 cm³/mol. The standard InChI is InChI=1S/C27H36N2O5S/c1-35(31,32)34-26-13-11-25(12-14-26)33-24-9-7-22(8-10-24)20-29-17-15-23(16-18-29)28-27(30)19-21-5-3-2-4-6-21/h7-14,21,23H,2-6,15-20H2,1H3,(H,28,30). The highest BCUT2D eigenvalue weighted by Gasteiger charge is 2.23. The molecule has 190 valence electrons. The van der Waals surface area contributed by atoms with Gasteiger partial charge in [0, 0.05) is 32.1 Å². The first-order chi connectivity index (χ1) is 16.8. The number of ether oxygens (including phenoxy) is 1. The SMILES string of the molecule is CS(=O)(=O)Oc1ccc(Oc2ccc(CN3CCC(NC(=O)CC4CCCCC4)CC3)cc2)cc1. The van der Waals surface area contributed by atoms with Gasteiger partial charge in [-0.1, -0.05) is 31.4 Å². The molecule has 2 fully saturated rings. The third-order valence-corrected chi connectivity index (χ3v) is 7.28. The molecule has 7 nitrogen and oxygen atoms in total. The number of nitrogens with one attached hydrogen (secondary N) is 1. The summed E-state index contributed by atoms with van der Waals surface area (Å²) < 4.78 is 33.1. The number of piperidine rings is 1. The molecule has 4 rings (SSSR count). The van der Waals surface area contributed by atoms with E-state index in [1.165, 1.54) is 37.7 Å². The molecule has 1 aliphatic heterocycles. The van der Waals surface area contributed by atoms with Gasteiger partial charge in [0.1, 0.15) is 17.2 Å².